The molecule has 0 saturated heterocycles. The summed E-state index contributed by atoms with van der Waals surface area (Å²) in [7, 11) is 3.48. The number of ether oxygens (including phenoxy) is 1. The number of anilines is 1. The molecule has 1 unspecified atom stereocenters. The zero-order chi connectivity index (χ0) is 20.5. The van der Waals surface area contributed by atoms with Gasteiger partial charge in [0.05, 0.1) is 14.2 Å². The molecule has 0 heterocycles. The first-order valence-corrected chi connectivity index (χ1v) is 9.60. The van der Waals surface area contributed by atoms with Crippen LogP contribution in [-0.2, 0) is 9.59 Å². The molecule has 0 aliphatic heterocycles. The van der Waals surface area contributed by atoms with Crippen LogP contribution in [0.25, 0.3) is 0 Å². The summed E-state index contributed by atoms with van der Waals surface area (Å²) in [5, 5.41) is 2.89. The monoisotopic (exact) mass is 384 g/mol. The summed E-state index contributed by atoms with van der Waals surface area (Å²) in [6.07, 6.45) is 0. The van der Waals surface area contributed by atoms with Crippen LogP contribution in [-0.4, -0.2) is 50.5 Å². The molecular weight excluding hydrogens is 354 g/mol. The van der Waals surface area contributed by atoms with Gasteiger partial charge >= 0.3 is 0 Å². The summed E-state index contributed by atoms with van der Waals surface area (Å²) in [5.41, 5.74) is 1.61. The third kappa shape index (κ3) is 5.57. The van der Waals surface area contributed by atoms with Gasteiger partial charge in [0.2, 0.25) is 0 Å². The molecule has 0 aliphatic carbocycles. The highest BCUT2D eigenvalue weighted by atomic mass is 16.5. The van der Waals surface area contributed by atoms with Crippen LogP contribution >= 0.6 is 0 Å². The van der Waals surface area contributed by atoms with Crippen LogP contribution < -0.4 is 15.0 Å². The maximum atomic E-state index is 13.1. The second-order valence-corrected chi connectivity index (χ2v) is 6.65. The number of carbonyl (C=O) groups is 2. The minimum absolute atomic E-state index is 0.0333. The molecule has 150 valence electrons. The number of likely N-dealkylation sites (N-methyl/N-ethyl adjacent to an activating group) is 2. The molecule has 2 aromatic rings. The fourth-order valence-electron chi connectivity index (χ4n) is 3.24. The molecular formula is C22H30N3O3+. The number of quaternary nitrogens is 1. The van der Waals surface area contributed by atoms with Crippen LogP contribution in [0.2, 0.25) is 0 Å². The third-order valence-electron chi connectivity index (χ3n) is 4.76. The lowest BCUT2D eigenvalue weighted by atomic mass is 10.0. The van der Waals surface area contributed by atoms with Gasteiger partial charge in [-0.2, -0.15) is 0 Å². The highest BCUT2D eigenvalue weighted by Crippen LogP contribution is 2.15. The molecule has 2 N–H and O–H groups in total. The van der Waals surface area contributed by atoms with E-state index in [1.165, 1.54) is 0 Å². The molecule has 0 spiro atoms. The Balaban J connectivity index is 2.13. The smallest absolute Gasteiger partial charge is 0.285 e. The van der Waals surface area contributed by atoms with Crippen LogP contribution in [0.5, 0.6) is 5.75 Å². The minimum Gasteiger partial charge on any atom is -0.497 e. The average Bonchev–Trinajstić information content (AvgIpc) is 2.70. The molecule has 28 heavy (non-hydrogen) atoms. The van der Waals surface area contributed by atoms with Gasteiger partial charge in [-0.05, 0) is 38.1 Å². The molecule has 2 atom stereocenters. The molecule has 0 aliphatic rings. The molecule has 2 amide bonds. The summed E-state index contributed by atoms with van der Waals surface area (Å²) in [6.45, 7) is 5.40. The quantitative estimate of drug-likeness (QED) is 0.693. The number of carbonyl (C=O) groups excluding carboxylic acids is 2. The largest absolute Gasteiger partial charge is 0.497 e. The van der Waals surface area contributed by atoms with Gasteiger partial charge in [-0.25, -0.2) is 0 Å². The maximum Gasteiger partial charge on any atom is 0.285 e. The summed E-state index contributed by atoms with van der Waals surface area (Å²) in [5.74, 6) is 0.622. The van der Waals surface area contributed by atoms with Crippen molar-refractivity contribution in [1.82, 2.24) is 4.90 Å². The van der Waals surface area contributed by atoms with Crippen molar-refractivity contribution >= 4 is 17.5 Å². The van der Waals surface area contributed by atoms with Gasteiger partial charge in [0.25, 0.3) is 11.8 Å². The lowest BCUT2D eigenvalue weighted by Gasteiger charge is -2.29. The van der Waals surface area contributed by atoms with Crippen molar-refractivity contribution in [3.05, 3.63) is 60.2 Å². The Hall–Kier alpha value is -2.86. The van der Waals surface area contributed by atoms with E-state index in [9.17, 15) is 9.59 Å². The Morgan fingerprint density at radius 2 is 1.64 bits per heavy atom. The second-order valence-electron chi connectivity index (χ2n) is 6.65. The van der Waals surface area contributed by atoms with Crippen molar-refractivity contribution in [3.63, 3.8) is 0 Å². The number of nitrogens with one attached hydrogen (secondary N) is 2. The minimum atomic E-state index is -0.428. The van der Waals surface area contributed by atoms with Crippen molar-refractivity contribution in [2.45, 2.75) is 19.9 Å². The number of nitrogens with zero attached hydrogens (tertiary/aromatic N) is 1. The van der Waals surface area contributed by atoms with E-state index in [-0.39, 0.29) is 18.4 Å². The van der Waals surface area contributed by atoms with Gasteiger partial charge in [0, 0.05) is 24.3 Å². The first kappa shape index (κ1) is 21.4. The van der Waals surface area contributed by atoms with E-state index < -0.39 is 6.04 Å². The Labute approximate surface area is 167 Å². The third-order valence-corrected chi connectivity index (χ3v) is 4.76. The average molecular weight is 385 g/mol. The van der Waals surface area contributed by atoms with Crippen LogP contribution in [0.3, 0.4) is 0 Å². The Kier molecular flexibility index (Phi) is 8.02. The number of hydrogen-bond donors (Lipinski definition) is 2. The van der Waals surface area contributed by atoms with Crippen molar-refractivity contribution in [2.75, 3.05) is 39.1 Å². The molecule has 2 rings (SSSR count). The van der Waals surface area contributed by atoms with Crippen LogP contribution in [0, 0.1) is 0 Å². The van der Waals surface area contributed by atoms with Crippen molar-refractivity contribution in [3.8, 4) is 5.75 Å². The fourth-order valence-corrected chi connectivity index (χ4v) is 3.24. The molecule has 0 aromatic heterocycles. The summed E-state index contributed by atoms with van der Waals surface area (Å²) < 4.78 is 5.13. The summed E-state index contributed by atoms with van der Waals surface area (Å²) in [4.78, 5) is 28.3. The van der Waals surface area contributed by atoms with Crippen molar-refractivity contribution in [2.24, 2.45) is 0 Å². The zero-order valence-electron chi connectivity index (χ0n) is 17.1. The van der Waals surface area contributed by atoms with Crippen molar-refractivity contribution < 1.29 is 19.2 Å². The Bertz CT molecular complexity index is 758. The first-order chi connectivity index (χ1) is 13.5. The Morgan fingerprint density at radius 3 is 2.18 bits per heavy atom. The number of rotatable bonds is 9. The van der Waals surface area contributed by atoms with Gasteiger partial charge in [-0.3, -0.25) is 9.59 Å². The maximum absolute atomic E-state index is 13.1. The van der Waals surface area contributed by atoms with Gasteiger partial charge in [0.15, 0.2) is 12.6 Å². The number of hydrogen-bond acceptors (Lipinski definition) is 3. The number of benzene rings is 2. The van der Waals surface area contributed by atoms with E-state index >= 15 is 0 Å². The normalized spacial score (nSPS) is 12.7. The summed E-state index contributed by atoms with van der Waals surface area (Å²) >= 11 is 0. The van der Waals surface area contributed by atoms with Gasteiger partial charge < -0.3 is 19.9 Å². The lowest BCUT2D eigenvalue weighted by Crippen LogP contribution is -3.11. The highest BCUT2D eigenvalue weighted by molar-refractivity contribution is 5.91. The molecule has 2 aromatic carbocycles. The number of methoxy groups -OCH3 is 1. The predicted octanol–water partition coefficient (Wildman–Crippen LogP) is 1.76. The van der Waals surface area contributed by atoms with E-state index in [0.717, 1.165) is 16.2 Å². The molecule has 0 radical (unpaired) electrons. The predicted molar refractivity (Wildman–Crippen MR) is 110 cm³/mol. The van der Waals surface area contributed by atoms with Crippen LogP contribution in [0.4, 0.5) is 5.69 Å². The molecule has 0 saturated carbocycles. The summed E-state index contributed by atoms with van der Waals surface area (Å²) in [6, 6.07) is 16.4. The van der Waals surface area contributed by atoms with E-state index in [1.807, 2.05) is 56.1 Å². The number of amides is 2. The van der Waals surface area contributed by atoms with E-state index in [0.29, 0.717) is 18.8 Å². The van der Waals surface area contributed by atoms with Gasteiger partial charge in [0.1, 0.15) is 5.75 Å². The second kappa shape index (κ2) is 10.5. The van der Waals surface area contributed by atoms with E-state index in [2.05, 4.69) is 5.32 Å². The highest BCUT2D eigenvalue weighted by Gasteiger charge is 2.33. The lowest BCUT2D eigenvalue weighted by molar-refractivity contribution is -0.894. The fraction of sp³-hybridized carbons (Fsp3) is 0.364. The zero-order valence-corrected chi connectivity index (χ0v) is 17.1. The van der Waals surface area contributed by atoms with E-state index in [1.54, 1.807) is 31.4 Å². The first-order valence-electron chi connectivity index (χ1n) is 9.60. The van der Waals surface area contributed by atoms with E-state index in [4.69, 9.17) is 4.74 Å². The van der Waals surface area contributed by atoms with Gasteiger partial charge in [-0.15, -0.1) is 0 Å². The van der Waals surface area contributed by atoms with Crippen LogP contribution in [0.15, 0.2) is 54.6 Å². The van der Waals surface area contributed by atoms with Crippen LogP contribution in [0.1, 0.15) is 25.5 Å². The van der Waals surface area contributed by atoms with Crippen molar-refractivity contribution in [1.29, 1.82) is 0 Å². The standard InChI is InChI=1S/C22H29N3O3/c1-5-25(6-2)22(27)21(17-10-8-7-9-11-17)24(3)16-20(26)23-18-12-14-19(28-4)15-13-18/h7-15,21H,5-6,16H2,1-4H3,(H,23,26)/p+1/t21-/m1/s1. The topological polar surface area (TPSA) is 63.1 Å². The molecule has 6 nitrogen and oxygen atoms in total. The Morgan fingerprint density at radius 1 is 1.04 bits per heavy atom. The molecule has 0 bridgehead atoms. The SMILES string of the molecule is CCN(CC)C(=O)[C@@H](c1ccccc1)[NH+](C)CC(=O)Nc1ccc(OC)cc1. The molecule has 0 fully saturated rings. The molecule has 6 heteroatoms. The van der Waals surface area contributed by atoms with Gasteiger partial charge in [-0.1, -0.05) is 30.3 Å².